The standard InChI is InChI=1S/C22H26F3N3O3/c1-21(26,19(29)28-18-11-7-10-17(14-18)22(23,24)25)12-5-6-13-27-20(30)31-15-16-8-3-2-4-9-16/h2-4,7-11,14H,5-6,12-13,15,26H2,1H3,(H,27,30)(H,28,29)/t21-/m0/s1. The number of unbranched alkanes of at least 4 members (excludes halogenated alkanes) is 1. The molecule has 2 rings (SSSR count). The summed E-state index contributed by atoms with van der Waals surface area (Å²) in [5, 5.41) is 5.05. The van der Waals surface area contributed by atoms with E-state index in [1.165, 1.54) is 19.1 Å². The number of alkyl carbamates (subject to hydrolysis) is 1. The molecule has 0 spiro atoms. The third-order valence-corrected chi connectivity index (χ3v) is 4.57. The molecule has 0 saturated carbocycles. The van der Waals surface area contributed by atoms with Crippen LogP contribution in [0.1, 0.15) is 37.3 Å². The third-order valence-electron chi connectivity index (χ3n) is 4.57. The van der Waals surface area contributed by atoms with Gasteiger partial charge in [-0.3, -0.25) is 4.79 Å². The number of benzene rings is 2. The number of ether oxygens (including phenoxy) is 1. The zero-order chi connectivity index (χ0) is 22.9. The SMILES string of the molecule is C[C@](N)(CCCCNC(=O)OCc1ccccc1)C(=O)Nc1cccc(C(F)(F)F)c1. The van der Waals surface area contributed by atoms with E-state index in [1.807, 2.05) is 30.3 Å². The van der Waals surface area contributed by atoms with Gasteiger partial charge in [0.2, 0.25) is 5.91 Å². The van der Waals surface area contributed by atoms with Crippen molar-refractivity contribution in [1.82, 2.24) is 5.32 Å². The fraction of sp³-hybridized carbons (Fsp3) is 0.364. The Hall–Kier alpha value is -3.07. The maximum atomic E-state index is 12.8. The number of nitrogens with one attached hydrogen (secondary N) is 2. The van der Waals surface area contributed by atoms with Crippen molar-refractivity contribution in [2.75, 3.05) is 11.9 Å². The minimum Gasteiger partial charge on any atom is -0.445 e. The molecule has 2 aromatic rings. The van der Waals surface area contributed by atoms with E-state index in [0.29, 0.717) is 25.8 Å². The van der Waals surface area contributed by atoms with E-state index >= 15 is 0 Å². The summed E-state index contributed by atoms with van der Waals surface area (Å²) in [6, 6.07) is 13.6. The lowest BCUT2D eigenvalue weighted by atomic mass is 9.95. The van der Waals surface area contributed by atoms with Crippen molar-refractivity contribution in [3.63, 3.8) is 0 Å². The van der Waals surface area contributed by atoms with Crippen LogP contribution in [0.2, 0.25) is 0 Å². The van der Waals surface area contributed by atoms with E-state index in [0.717, 1.165) is 17.7 Å². The van der Waals surface area contributed by atoms with E-state index in [1.54, 1.807) is 0 Å². The molecule has 2 aromatic carbocycles. The number of halogens is 3. The van der Waals surface area contributed by atoms with Gasteiger partial charge in [-0.05, 0) is 49.9 Å². The highest BCUT2D eigenvalue weighted by Gasteiger charge is 2.31. The summed E-state index contributed by atoms with van der Waals surface area (Å²) in [4.78, 5) is 24.1. The molecule has 0 aliphatic heterocycles. The summed E-state index contributed by atoms with van der Waals surface area (Å²) in [5.41, 5.74) is 4.82. The molecule has 0 aliphatic carbocycles. The number of hydrogen-bond donors (Lipinski definition) is 3. The second-order valence-corrected chi connectivity index (χ2v) is 7.40. The van der Waals surface area contributed by atoms with Crippen LogP contribution in [0.5, 0.6) is 0 Å². The number of nitrogens with two attached hydrogens (primary N) is 1. The van der Waals surface area contributed by atoms with Gasteiger partial charge in [-0.1, -0.05) is 36.4 Å². The molecule has 6 nitrogen and oxygen atoms in total. The third kappa shape index (κ3) is 8.29. The lowest BCUT2D eigenvalue weighted by Crippen LogP contribution is -2.48. The molecule has 0 heterocycles. The fourth-order valence-corrected chi connectivity index (χ4v) is 2.74. The van der Waals surface area contributed by atoms with Crippen molar-refractivity contribution in [3.05, 3.63) is 65.7 Å². The molecule has 0 aromatic heterocycles. The Balaban J connectivity index is 1.70. The molecule has 0 unspecified atom stereocenters. The Morgan fingerprint density at radius 3 is 2.42 bits per heavy atom. The van der Waals surface area contributed by atoms with E-state index in [9.17, 15) is 22.8 Å². The van der Waals surface area contributed by atoms with E-state index < -0.39 is 29.3 Å². The zero-order valence-corrected chi connectivity index (χ0v) is 17.2. The molecule has 2 amide bonds. The van der Waals surface area contributed by atoms with Gasteiger partial charge in [0.15, 0.2) is 0 Å². The minimum atomic E-state index is -4.50. The predicted molar refractivity (Wildman–Crippen MR) is 111 cm³/mol. The molecule has 9 heteroatoms. The van der Waals surface area contributed by atoms with Gasteiger partial charge in [-0.15, -0.1) is 0 Å². The van der Waals surface area contributed by atoms with E-state index in [4.69, 9.17) is 10.5 Å². The Morgan fingerprint density at radius 1 is 1.03 bits per heavy atom. The molecule has 0 aliphatic rings. The smallest absolute Gasteiger partial charge is 0.416 e. The average molecular weight is 437 g/mol. The lowest BCUT2D eigenvalue weighted by Gasteiger charge is -2.23. The molecular formula is C22H26F3N3O3. The minimum absolute atomic E-state index is 0.0272. The highest BCUT2D eigenvalue weighted by Crippen LogP contribution is 2.30. The summed E-state index contributed by atoms with van der Waals surface area (Å²) in [5.74, 6) is -0.581. The van der Waals surface area contributed by atoms with Crippen LogP contribution >= 0.6 is 0 Å². The van der Waals surface area contributed by atoms with Crippen LogP contribution in [-0.2, 0) is 22.3 Å². The molecule has 1 atom stereocenters. The Morgan fingerprint density at radius 2 is 1.74 bits per heavy atom. The molecule has 0 radical (unpaired) electrons. The van der Waals surface area contributed by atoms with E-state index in [-0.39, 0.29) is 12.3 Å². The molecule has 4 N–H and O–H groups in total. The molecular weight excluding hydrogens is 411 g/mol. The van der Waals surface area contributed by atoms with Gasteiger partial charge < -0.3 is 21.1 Å². The number of carbonyl (C=O) groups is 2. The van der Waals surface area contributed by atoms with Crippen LogP contribution < -0.4 is 16.4 Å². The number of carbonyl (C=O) groups excluding carboxylic acids is 2. The number of hydrogen-bond acceptors (Lipinski definition) is 4. The highest BCUT2D eigenvalue weighted by atomic mass is 19.4. The number of anilines is 1. The second-order valence-electron chi connectivity index (χ2n) is 7.40. The monoisotopic (exact) mass is 437 g/mol. The molecule has 0 bridgehead atoms. The van der Waals surface area contributed by atoms with Crippen LogP contribution in [0.3, 0.4) is 0 Å². The molecule has 0 fully saturated rings. The van der Waals surface area contributed by atoms with Crippen molar-refractivity contribution in [2.24, 2.45) is 5.73 Å². The van der Waals surface area contributed by atoms with Crippen LogP contribution in [0.4, 0.5) is 23.7 Å². The second kappa shape index (κ2) is 10.8. The Bertz CT molecular complexity index is 871. The fourth-order valence-electron chi connectivity index (χ4n) is 2.74. The van der Waals surface area contributed by atoms with Crippen LogP contribution in [0, 0.1) is 0 Å². The first-order valence-corrected chi connectivity index (χ1v) is 9.80. The first-order valence-electron chi connectivity index (χ1n) is 9.80. The van der Waals surface area contributed by atoms with Crippen molar-refractivity contribution < 1.29 is 27.5 Å². The van der Waals surface area contributed by atoms with Gasteiger partial charge in [-0.25, -0.2) is 4.79 Å². The maximum Gasteiger partial charge on any atom is 0.416 e. The topological polar surface area (TPSA) is 93.4 Å². The van der Waals surface area contributed by atoms with Gasteiger partial charge in [0.1, 0.15) is 6.61 Å². The average Bonchev–Trinajstić information content (AvgIpc) is 2.72. The molecule has 0 saturated heterocycles. The molecule has 168 valence electrons. The maximum absolute atomic E-state index is 12.8. The summed E-state index contributed by atoms with van der Waals surface area (Å²) in [6.07, 6.45) is -3.66. The van der Waals surface area contributed by atoms with E-state index in [2.05, 4.69) is 10.6 Å². The van der Waals surface area contributed by atoms with Gasteiger partial charge in [-0.2, -0.15) is 13.2 Å². The summed E-state index contributed by atoms with van der Waals surface area (Å²) < 4.78 is 43.5. The number of amides is 2. The summed E-state index contributed by atoms with van der Waals surface area (Å²) >= 11 is 0. The first kappa shape index (κ1) is 24.2. The van der Waals surface area contributed by atoms with Crippen molar-refractivity contribution in [1.29, 1.82) is 0 Å². The zero-order valence-electron chi connectivity index (χ0n) is 17.2. The molecule has 31 heavy (non-hydrogen) atoms. The number of rotatable bonds is 9. The predicted octanol–water partition coefficient (Wildman–Crippen LogP) is 4.46. The number of alkyl halides is 3. The van der Waals surface area contributed by atoms with Crippen molar-refractivity contribution in [3.8, 4) is 0 Å². The van der Waals surface area contributed by atoms with Crippen LogP contribution in [0.15, 0.2) is 54.6 Å². The Labute approximate surface area is 179 Å². The lowest BCUT2D eigenvalue weighted by molar-refractivity contribution is -0.137. The normalized spacial score (nSPS) is 13.2. The Kier molecular flexibility index (Phi) is 8.44. The van der Waals surface area contributed by atoms with Crippen molar-refractivity contribution in [2.45, 2.75) is 44.5 Å². The van der Waals surface area contributed by atoms with Gasteiger partial charge >= 0.3 is 12.3 Å². The summed E-state index contributed by atoms with van der Waals surface area (Å²) in [6.45, 7) is 2.03. The van der Waals surface area contributed by atoms with Crippen LogP contribution in [-0.4, -0.2) is 24.1 Å². The van der Waals surface area contributed by atoms with Gasteiger partial charge in [0.05, 0.1) is 11.1 Å². The van der Waals surface area contributed by atoms with Crippen molar-refractivity contribution >= 4 is 17.7 Å². The van der Waals surface area contributed by atoms with Gasteiger partial charge in [0, 0.05) is 12.2 Å². The van der Waals surface area contributed by atoms with Gasteiger partial charge in [0.25, 0.3) is 0 Å². The largest absolute Gasteiger partial charge is 0.445 e. The quantitative estimate of drug-likeness (QED) is 0.505. The first-order chi connectivity index (χ1) is 14.6. The summed E-state index contributed by atoms with van der Waals surface area (Å²) in [7, 11) is 0. The highest BCUT2D eigenvalue weighted by molar-refractivity contribution is 5.97. The van der Waals surface area contributed by atoms with Crippen LogP contribution in [0.25, 0.3) is 0 Å².